The zero-order valence-electron chi connectivity index (χ0n) is 18.2. The van der Waals surface area contributed by atoms with Gasteiger partial charge in [-0.3, -0.25) is 13.9 Å². The van der Waals surface area contributed by atoms with E-state index >= 15 is 0 Å². The topological polar surface area (TPSA) is 74.5 Å². The number of rotatable bonds is 6. The molecule has 0 aliphatic rings. The Morgan fingerprint density at radius 1 is 0.875 bits per heavy atom. The summed E-state index contributed by atoms with van der Waals surface area (Å²) >= 11 is 1.50. The van der Waals surface area contributed by atoms with Gasteiger partial charge in [0.15, 0.2) is 0 Å². The molecule has 0 radical (unpaired) electrons. The van der Waals surface area contributed by atoms with Crippen molar-refractivity contribution in [3.63, 3.8) is 0 Å². The van der Waals surface area contributed by atoms with E-state index in [9.17, 15) is 9.59 Å². The first-order chi connectivity index (χ1) is 15.4. The van der Waals surface area contributed by atoms with Crippen molar-refractivity contribution in [2.45, 2.75) is 9.79 Å². The standard InChI is InChI=1S/C24H23N3O4S/c1-26-20-13-19(25-23(28)15-6-5-7-17(12-15)31-4)22(14-21(20)27(2)24(26)29)32-18-10-8-16(30-3)9-11-18/h5-14H,1-4H3,(H,25,28). The van der Waals surface area contributed by atoms with E-state index in [0.29, 0.717) is 17.0 Å². The summed E-state index contributed by atoms with van der Waals surface area (Å²) in [6.07, 6.45) is 0. The van der Waals surface area contributed by atoms with E-state index < -0.39 is 0 Å². The Hall–Kier alpha value is -3.65. The monoisotopic (exact) mass is 449 g/mol. The predicted molar refractivity (Wildman–Crippen MR) is 126 cm³/mol. The van der Waals surface area contributed by atoms with Gasteiger partial charge < -0.3 is 14.8 Å². The van der Waals surface area contributed by atoms with Crippen molar-refractivity contribution in [3.05, 3.63) is 76.7 Å². The Bertz CT molecular complexity index is 1360. The summed E-state index contributed by atoms with van der Waals surface area (Å²) < 4.78 is 13.6. The lowest BCUT2D eigenvalue weighted by Crippen LogP contribution is -2.19. The fraction of sp³-hybridized carbons (Fsp3) is 0.167. The highest BCUT2D eigenvalue weighted by molar-refractivity contribution is 7.99. The van der Waals surface area contributed by atoms with Gasteiger partial charge in [-0.25, -0.2) is 4.79 Å². The molecule has 1 N–H and O–H groups in total. The fourth-order valence-corrected chi connectivity index (χ4v) is 4.35. The van der Waals surface area contributed by atoms with Crippen LogP contribution in [0, 0.1) is 0 Å². The number of carbonyl (C=O) groups excluding carboxylic acids is 1. The van der Waals surface area contributed by atoms with Crippen LogP contribution in [-0.2, 0) is 14.1 Å². The Labute approximate surface area is 189 Å². The highest BCUT2D eigenvalue weighted by atomic mass is 32.2. The third-order valence-corrected chi connectivity index (χ3v) is 6.31. The number of methoxy groups -OCH3 is 2. The number of carbonyl (C=O) groups is 1. The number of aromatic nitrogens is 2. The first kappa shape index (κ1) is 21.6. The number of aryl methyl sites for hydroxylation is 2. The van der Waals surface area contributed by atoms with E-state index in [1.54, 1.807) is 61.7 Å². The van der Waals surface area contributed by atoms with Gasteiger partial charge in [-0.1, -0.05) is 17.8 Å². The fourth-order valence-electron chi connectivity index (χ4n) is 3.44. The summed E-state index contributed by atoms with van der Waals surface area (Å²) in [7, 11) is 6.64. The SMILES string of the molecule is COc1ccc(Sc2cc3c(cc2NC(=O)c2cccc(OC)c2)n(C)c(=O)n3C)cc1. The number of anilines is 1. The Morgan fingerprint density at radius 3 is 2.19 bits per heavy atom. The molecule has 4 aromatic rings. The molecule has 1 amide bonds. The first-order valence-electron chi connectivity index (χ1n) is 9.88. The molecular formula is C24H23N3O4S. The van der Waals surface area contributed by atoms with Crippen molar-refractivity contribution in [2.75, 3.05) is 19.5 Å². The molecule has 1 heterocycles. The van der Waals surface area contributed by atoms with Crippen molar-refractivity contribution >= 4 is 34.4 Å². The van der Waals surface area contributed by atoms with Crippen molar-refractivity contribution in [3.8, 4) is 11.5 Å². The predicted octanol–water partition coefficient (Wildman–Crippen LogP) is 4.30. The summed E-state index contributed by atoms with van der Waals surface area (Å²) in [5.41, 5.74) is 2.49. The average molecular weight is 450 g/mol. The van der Waals surface area contributed by atoms with E-state index in [-0.39, 0.29) is 11.6 Å². The summed E-state index contributed by atoms with van der Waals surface area (Å²) in [6.45, 7) is 0. The molecular weight excluding hydrogens is 426 g/mol. The lowest BCUT2D eigenvalue weighted by atomic mass is 10.2. The van der Waals surface area contributed by atoms with Crippen LogP contribution in [-0.4, -0.2) is 29.3 Å². The summed E-state index contributed by atoms with van der Waals surface area (Å²) in [5, 5.41) is 3.00. The zero-order chi connectivity index (χ0) is 22.8. The molecule has 0 aliphatic heterocycles. The number of hydrogen-bond donors (Lipinski definition) is 1. The average Bonchev–Trinajstić information content (AvgIpc) is 3.03. The molecule has 0 atom stereocenters. The van der Waals surface area contributed by atoms with Crippen LogP contribution in [0.3, 0.4) is 0 Å². The van der Waals surface area contributed by atoms with Gasteiger partial charge in [0, 0.05) is 29.4 Å². The minimum atomic E-state index is -0.263. The van der Waals surface area contributed by atoms with Crippen molar-refractivity contribution in [1.29, 1.82) is 0 Å². The maximum Gasteiger partial charge on any atom is 0.328 e. The van der Waals surface area contributed by atoms with E-state index in [1.165, 1.54) is 11.8 Å². The highest BCUT2D eigenvalue weighted by Crippen LogP contribution is 2.37. The number of ether oxygens (including phenoxy) is 2. The lowest BCUT2D eigenvalue weighted by molar-refractivity contribution is 0.102. The quantitative estimate of drug-likeness (QED) is 0.475. The van der Waals surface area contributed by atoms with Crippen LogP contribution >= 0.6 is 11.8 Å². The van der Waals surface area contributed by atoms with Gasteiger partial charge in [-0.2, -0.15) is 0 Å². The van der Waals surface area contributed by atoms with Gasteiger partial charge in [0.05, 0.1) is 30.9 Å². The third-order valence-electron chi connectivity index (χ3n) is 5.24. The molecule has 8 heteroatoms. The van der Waals surface area contributed by atoms with Crippen LogP contribution in [0.25, 0.3) is 11.0 Å². The van der Waals surface area contributed by atoms with E-state index in [2.05, 4.69) is 5.32 Å². The summed E-state index contributed by atoms with van der Waals surface area (Å²) in [4.78, 5) is 27.2. The van der Waals surface area contributed by atoms with Crippen LogP contribution in [0.1, 0.15) is 10.4 Å². The van der Waals surface area contributed by atoms with Gasteiger partial charge in [0.1, 0.15) is 11.5 Å². The van der Waals surface area contributed by atoms with Gasteiger partial charge in [-0.15, -0.1) is 0 Å². The minimum Gasteiger partial charge on any atom is -0.497 e. The molecule has 7 nitrogen and oxygen atoms in total. The van der Waals surface area contributed by atoms with Gasteiger partial charge >= 0.3 is 5.69 Å². The molecule has 0 saturated heterocycles. The van der Waals surface area contributed by atoms with Crippen molar-refractivity contribution < 1.29 is 14.3 Å². The molecule has 164 valence electrons. The van der Waals surface area contributed by atoms with Gasteiger partial charge in [0.25, 0.3) is 5.91 Å². The highest BCUT2D eigenvalue weighted by Gasteiger charge is 2.16. The minimum absolute atomic E-state index is 0.128. The zero-order valence-corrected chi connectivity index (χ0v) is 19.0. The number of nitrogens with zero attached hydrogens (tertiary/aromatic N) is 2. The molecule has 1 aromatic heterocycles. The molecule has 0 aliphatic carbocycles. The molecule has 0 bridgehead atoms. The molecule has 4 rings (SSSR count). The molecule has 0 unspecified atom stereocenters. The molecule has 0 saturated carbocycles. The van der Waals surface area contributed by atoms with Crippen molar-refractivity contribution in [2.24, 2.45) is 14.1 Å². The van der Waals surface area contributed by atoms with E-state index in [1.807, 2.05) is 36.4 Å². The normalized spacial score (nSPS) is 10.9. The molecule has 32 heavy (non-hydrogen) atoms. The molecule has 3 aromatic carbocycles. The van der Waals surface area contributed by atoms with Gasteiger partial charge in [0.2, 0.25) is 0 Å². The van der Waals surface area contributed by atoms with Gasteiger partial charge in [-0.05, 0) is 54.6 Å². The maximum absolute atomic E-state index is 13.0. The Balaban J connectivity index is 1.77. The van der Waals surface area contributed by atoms with Crippen molar-refractivity contribution in [1.82, 2.24) is 9.13 Å². The van der Waals surface area contributed by atoms with E-state index in [0.717, 1.165) is 26.6 Å². The number of hydrogen-bond acceptors (Lipinski definition) is 5. The Kier molecular flexibility index (Phi) is 5.96. The smallest absolute Gasteiger partial charge is 0.328 e. The van der Waals surface area contributed by atoms with Crippen LogP contribution in [0.4, 0.5) is 5.69 Å². The number of benzene rings is 3. The van der Waals surface area contributed by atoms with Crippen LogP contribution in [0.2, 0.25) is 0 Å². The van der Waals surface area contributed by atoms with Crippen LogP contribution < -0.4 is 20.5 Å². The summed E-state index contributed by atoms with van der Waals surface area (Å²) in [6, 6.07) is 18.4. The maximum atomic E-state index is 13.0. The number of nitrogens with one attached hydrogen (secondary N) is 1. The molecule has 0 spiro atoms. The van der Waals surface area contributed by atoms with E-state index in [4.69, 9.17) is 9.47 Å². The van der Waals surface area contributed by atoms with Crippen LogP contribution in [0.5, 0.6) is 11.5 Å². The second-order valence-electron chi connectivity index (χ2n) is 7.20. The second-order valence-corrected chi connectivity index (χ2v) is 8.32. The summed E-state index contributed by atoms with van der Waals surface area (Å²) in [5.74, 6) is 1.11. The Morgan fingerprint density at radius 2 is 1.53 bits per heavy atom. The largest absolute Gasteiger partial charge is 0.497 e. The first-order valence-corrected chi connectivity index (χ1v) is 10.7. The molecule has 0 fully saturated rings. The number of fused-ring (bicyclic) bond motifs is 1. The third kappa shape index (κ3) is 4.09. The second kappa shape index (κ2) is 8.84. The lowest BCUT2D eigenvalue weighted by Gasteiger charge is -2.13. The van der Waals surface area contributed by atoms with Crippen LogP contribution in [0.15, 0.2) is 75.2 Å². The number of imidazole rings is 1. The number of amides is 1.